The van der Waals surface area contributed by atoms with Crippen LogP contribution in [-0.4, -0.2) is 16.0 Å². The van der Waals surface area contributed by atoms with Gasteiger partial charge in [-0.3, -0.25) is 0 Å². The number of benzene rings is 2. The minimum absolute atomic E-state index is 0.275. The number of aromatic hydroxyl groups is 1. The molecule has 1 N–H and O–H groups in total. The molecule has 2 aromatic carbocycles. The van der Waals surface area contributed by atoms with Crippen molar-refractivity contribution in [3.63, 3.8) is 0 Å². The fourth-order valence-corrected chi connectivity index (χ4v) is 2.71. The Bertz CT molecular complexity index is 803. The highest BCUT2D eigenvalue weighted by Gasteiger charge is 2.26. The Labute approximate surface area is 150 Å². The molecule has 0 aliphatic carbocycles. The molecule has 0 saturated carbocycles. The van der Waals surface area contributed by atoms with Crippen molar-refractivity contribution in [2.45, 2.75) is 33.1 Å². The maximum absolute atomic E-state index is 10.7. The maximum atomic E-state index is 10.7. The van der Waals surface area contributed by atoms with Crippen LogP contribution in [0.1, 0.15) is 44.4 Å². The minimum Gasteiger partial charge on any atom is -0.507 e. The van der Waals surface area contributed by atoms with E-state index in [1.54, 1.807) is 10.9 Å². The van der Waals surface area contributed by atoms with Crippen LogP contribution in [0.5, 0.6) is 5.75 Å². The number of para-hydroxylation sites is 1. The smallest absolute Gasteiger partial charge is 0.128 e. The monoisotopic (exact) mass is 334 g/mol. The van der Waals surface area contributed by atoms with Gasteiger partial charge in [-0.05, 0) is 23.8 Å². The van der Waals surface area contributed by atoms with E-state index in [0.717, 1.165) is 11.1 Å². The van der Waals surface area contributed by atoms with Gasteiger partial charge in [-0.1, -0.05) is 70.2 Å². The third-order valence-electron chi connectivity index (χ3n) is 4.15. The summed E-state index contributed by atoms with van der Waals surface area (Å²) in [7, 11) is 0. The average Bonchev–Trinajstić information content (AvgIpc) is 3.17. The topological polar surface area (TPSA) is 37.5 Å². The first-order chi connectivity index (χ1) is 12.1. The van der Waals surface area contributed by atoms with Crippen molar-refractivity contribution in [3.8, 4) is 5.75 Å². The van der Waals surface area contributed by atoms with Crippen LogP contribution >= 0.6 is 0 Å². The fourth-order valence-electron chi connectivity index (χ4n) is 2.71. The molecule has 0 aliphatic heterocycles. The van der Waals surface area contributed by atoms with Crippen molar-refractivity contribution in [2.24, 2.45) is 5.10 Å². The molecule has 0 atom stereocenters. The summed E-state index contributed by atoms with van der Waals surface area (Å²) < 4.78 is 1.70. The van der Waals surface area contributed by atoms with Crippen LogP contribution in [-0.2, 0) is 5.41 Å². The van der Waals surface area contributed by atoms with E-state index < -0.39 is 0 Å². The largest absolute Gasteiger partial charge is 0.507 e. The molecule has 130 valence electrons. The lowest BCUT2D eigenvalue weighted by molar-refractivity contribution is 0.452. The second-order valence-electron chi connectivity index (χ2n) is 6.04. The standard InChI is InChI=1S/C20H20N2O.C2H6/c1-20(2,17-10-4-3-5-11-17)18-12-8-9-16(19(18)23)15-21-22-13-6-7-14-22;1-2/h3-15,23H,1-2H3;1-2H3/b21-15+;. The first kappa shape index (κ1) is 18.5. The van der Waals surface area contributed by atoms with E-state index >= 15 is 0 Å². The number of hydrogen-bond acceptors (Lipinski definition) is 2. The zero-order chi connectivity index (χ0) is 18.3. The molecular formula is C22H26N2O. The SMILES string of the molecule is CC.CC(C)(c1ccccc1)c1cccc(/C=N/n2cccc2)c1O. The van der Waals surface area contributed by atoms with Crippen LogP contribution in [0.2, 0.25) is 0 Å². The summed E-state index contributed by atoms with van der Waals surface area (Å²) in [6.45, 7) is 8.23. The van der Waals surface area contributed by atoms with E-state index in [9.17, 15) is 5.11 Å². The summed E-state index contributed by atoms with van der Waals surface area (Å²) >= 11 is 0. The van der Waals surface area contributed by atoms with Gasteiger partial charge in [-0.25, -0.2) is 4.68 Å². The number of hydrogen-bond donors (Lipinski definition) is 1. The van der Waals surface area contributed by atoms with Gasteiger partial charge < -0.3 is 5.11 Å². The zero-order valence-corrected chi connectivity index (χ0v) is 15.3. The molecule has 0 fully saturated rings. The summed E-state index contributed by atoms with van der Waals surface area (Å²) in [6.07, 6.45) is 5.39. The van der Waals surface area contributed by atoms with Gasteiger partial charge in [0.1, 0.15) is 5.75 Å². The van der Waals surface area contributed by atoms with Gasteiger partial charge in [-0.2, -0.15) is 5.10 Å². The molecule has 0 saturated heterocycles. The summed E-state index contributed by atoms with van der Waals surface area (Å²) in [5, 5.41) is 15.0. The van der Waals surface area contributed by atoms with Crippen molar-refractivity contribution in [2.75, 3.05) is 0 Å². The number of rotatable bonds is 4. The number of phenolic OH excluding ortho intramolecular Hbond substituents is 1. The number of phenols is 1. The zero-order valence-electron chi connectivity index (χ0n) is 15.3. The lowest BCUT2D eigenvalue weighted by Gasteiger charge is -2.27. The molecule has 0 amide bonds. The molecule has 3 aromatic rings. The van der Waals surface area contributed by atoms with Crippen molar-refractivity contribution in [1.29, 1.82) is 0 Å². The predicted molar refractivity (Wildman–Crippen MR) is 105 cm³/mol. The maximum Gasteiger partial charge on any atom is 0.128 e. The van der Waals surface area contributed by atoms with Crippen molar-refractivity contribution in [3.05, 3.63) is 89.7 Å². The second-order valence-corrected chi connectivity index (χ2v) is 6.04. The highest BCUT2D eigenvalue weighted by molar-refractivity contribution is 5.84. The quantitative estimate of drug-likeness (QED) is 0.635. The summed E-state index contributed by atoms with van der Waals surface area (Å²) in [4.78, 5) is 0. The van der Waals surface area contributed by atoms with Gasteiger partial charge in [0.2, 0.25) is 0 Å². The Morgan fingerprint density at radius 3 is 2.16 bits per heavy atom. The van der Waals surface area contributed by atoms with Crippen LogP contribution in [0.3, 0.4) is 0 Å². The van der Waals surface area contributed by atoms with Gasteiger partial charge in [-0.15, -0.1) is 0 Å². The summed E-state index contributed by atoms with van der Waals surface area (Å²) in [5.41, 5.74) is 2.47. The molecule has 0 unspecified atom stereocenters. The van der Waals surface area contributed by atoms with E-state index in [2.05, 4.69) is 31.1 Å². The van der Waals surface area contributed by atoms with Crippen LogP contribution in [0.4, 0.5) is 0 Å². The van der Waals surface area contributed by atoms with Crippen molar-refractivity contribution < 1.29 is 5.11 Å². The van der Waals surface area contributed by atoms with E-state index in [-0.39, 0.29) is 11.2 Å². The summed E-state index contributed by atoms with van der Waals surface area (Å²) in [6, 6.07) is 19.8. The first-order valence-electron chi connectivity index (χ1n) is 8.64. The predicted octanol–water partition coefficient (Wildman–Crippen LogP) is 5.43. The highest BCUT2D eigenvalue weighted by atomic mass is 16.3. The average molecular weight is 334 g/mol. The second kappa shape index (κ2) is 8.34. The Balaban J connectivity index is 0.00000109. The Morgan fingerprint density at radius 1 is 0.880 bits per heavy atom. The van der Waals surface area contributed by atoms with E-state index in [1.807, 2.05) is 74.8 Å². The molecule has 3 heteroatoms. The van der Waals surface area contributed by atoms with Gasteiger partial charge in [0, 0.05) is 28.9 Å². The minimum atomic E-state index is -0.289. The Hall–Kier alpha value is -2.81. The molecule has 0 bridgehead atoms. The van der Waals surface area contributed by atoms with Gasteiger partial charge in [0.05, 0.1) is 6.21 Å². The molecular weight excluding hydrogens is 308 g/mol. The molecule has 1 heterocycles. The Kier molecular flexibility index (Phi) is 6.18. The Morgan fingerprint density at radius 2 is 1.52 bits per heavy atom. The third kappa shape index (κ3) is 4.18. The van der Waals surface area contributed by atoms with Gasteiger partial charge in [0.25, 0.3) is 0 Å². The fraction of sp³-hybridized carbons (Fsp3) is 0.227. The normalized spacial score (nSPS) is 11.2. The molecule has 1 aromatic heterocycles. The van der Waals surface area contributed by atoms with Crippen molar-refractivity contribution >= 4 is 6.21 Å². The van der Waals surface area contributed by atoms with E-state index in [1.165, 1.54) is 0 Å². The number of aromatic nitrogens is 1. The molecule has 3 nitrogen and oxygen atoms in total. The molecule has 3 rings (SSSR count). The van der Waals surface area contributed by atoms with Gasteiger partial charge in [0.15, 0.2) is 0 Å². The van der Waals surface area contributed by atoms with Crippen LogP contribution in [0.25, 0.3) is 0 Å². The third-order valence-corrected chi connectivity index (χ3v) is 4.15. The van der Waals surface area contributed by atoms with Crippen LogP contribution in [0, 0.1) is 0 Å². The molecule has 0 radical (unpaired) electrons. The lowest BCUT2D eigenvalue weighted by Crippen LogP contribution is -2.19. The molecule has 25 heavy (non-hydrogen) atoms. The van der Waals surface area contributed by atoms with E-state index in [0.29, 0.717) is 5.56 Å². The van der Waals surface area contributed by atoms with Crippen LogP contribution < -0.4 is 0 Å². The first-order valence-corrected chi connectivity index (χ1v) is 8.64. The number of nitrogens with zero attached hydrogens (tertiary/aromatic N) is 2. The summed E-state index contributed by atoms with van der Waals surface area (Å²) in [5.74, 6) is 0.275. The molecule has 0 spiro atoms. The van der Waals surface area contributed by atoms with Crippen LogP contribution in [0.15, 0.2) is 78.2 Å². The van der Waals surface area contributed by atoms with E-state index in [4.69, 9.17) is 0 Å². The highest BCUT2D eigenvalue weighted by Crippen LogP contribution is 2.37. The van der Waals surface area contributed by atoms with Gasteiger partial charge >= 0.3 is 0 Å². The van der Waals surface area contributed by atoms with Crippen molar-refractivity contribution in [1.82, 2.24) is 4.68 Å². The lowest BCUT2D eigenvalue weighted by atomic mass is 9.77. The molecule has 0 aliphatic rings.